The van der Waals surface area contributed by atoms with Gasteiger partial charge in [-0.05, 0) is 42.5 Å². The first-order chi connectivity index (χ1) is 14.2. The Hall–Kier alpha value is -3.94. The van der Waals surface area contributed by atoms with Gasteiger partial charge in [0.1, 0.15) is 30.4 Å². The molecule has 2 aromatic carbocycles. The Morgan fingerprint density at radius 1 is 1.20 bits per heavy atom. The third-order valence-electron chi connectivity index (χ3n) is 3.82. The Balaban J connectivity index is 1.59. The molecule has 154 valence electrons. The number of rotatable bonds is 6. The molecule has 1 aromatic heterocycles. The molecule has 0 spiro atoms. The van der Waals surface area contributed by atoms with Crippen LogP contribution in [0.25, 0.3) is 0 Å². The predicted octanol–water partition coefficient (Wildman–Crippen LogP) is 3.53. The van der Waals surface area contributed by atoms with E-state index in [2.05, 4.69) is 15.6 Å². The highest BCUT2D eigenvalue weighted by atomic mass is 19.4. The lowest BCUT2D eigenvalue weighted by Gasteiger charge is -2.11. The molecule has 11 heteroatoms. The van der Waals surface area contributed by atoms with Crippen molar-refractivity contribution in [2.24, 2.45) is 0 Å². The molecule has 0 aliphatic heterocycles. The van der Waals surface area contributed by atoms with E-state index >= 15 is 0 Å². The summed E-state index contributed by atoms with van der Waals surface area (Å²) in [5.41, 5.74) is -1.39. The van der Waals surface area contributed by atoms with Gasteiger partial charge >= 0.3 is 6.18 Å². The molecule has 0 aliphatic carbocycles. The molecular weight excluding hydrogens is 406 g/mol. The molecule has 0 atom stereocenters. The van der Waals surface area contributed by atoms with Crippen LogP contribution in [0.5, 0.6) is 5.75 Å². The van der Waals surface area contributed by atoms with Gasteiger partial charge in [-0.25, -0.2) is 9.07 Å². The molecule has 7 nitrogen and oxygen atoms in total. The van der Waals surface area contributed by atoms with Gasteiger partial charge in [-0.2, -0.15) is 18.4 Å². The smallest absolute Gasteiger partial charge is 0.417 e. The Morgan fingerprint density at radius 2 is 1.93 bits per heavy atom. The lowest BCUT2D eigenvalue weighted by Crippen LogP contribution is -2.19. The average Bonchev–Trinajstić information content (AvgIpc) is 3.14. The van der Waals surface area contributed by atoms with Crippen LogP contribution in [0.4, 0.5) is 23.2 Å². The fourth-order valence-electron chi connectivity index (χ4n) is 2.47. The Morgan fingerprint density at radius 3 is 2.60 bits per heavy atom. The third kappa shape index (κ3) is 5.32. The fourth-order valence-corrected chi connectivity index (χ4v) is 2.47. The van der Waals surface area contributed by atoms with Crippen LogP contribution in [0.2, 0.25) is 0 Å². The predicted molar refractivity (Wildman–Crippen MR) is 95.5 cm³/mol. The zero-order chi connectivity index (χ0) is 21.7. The number of anilines is 1. The first kappa shape index (κ1) is 20.8. The highest BCUT2D eigenvalue weighted by Gasteiger charge is 2.34. The van der Waals surface area contributed by atoms with Crippen LogP contribution in [0, 0.1) is 17.1 Å². The zero-order valence-corrected chi connectivity index (χ0v) is 15.2. The van der Waals surface area contributed by atoms with Crippen LogP contribution < -0.4 is 10.1 Å². The lowest BCUT2D eigenvalue weighted by atomic mass is 10.1. The second-order valence-corrected chi connectivity index (χ2v) is 6.07. The highest BCUT2D eigenvalue weighted by Crippen LogP contribution is 2.33. The number of amides is 1. The first-order valence-electron chi connectivity index (χ1n) is 8.43. The molecule has 30 heavy (non-hydrogen) atoms. The van der Waals surface area contributed by atoms with Crippen molar-refractivity contribution >= 4 is 11.6 Å². The number of halogens is 4. The number of carbonyl (C=O) groups excluding carboxylic acids is 1. The largest absolute Gasteiger partial charge is 0.487 e. The summed E-state index contributed by atoms with van der Waals surface area (Å²) in [6.45, 7) is -0.275. The van der Waals surface area contributed by atoms with Gasteiger partial charge in [0.25, 0.3) is 0 Å². The second kappa shape index (κ2) is 8.60. The first-order valence-corrected chi connectivity index (χ1v) is 8.43. The molecule has 0 saturated carbocycles. The fraction of sp³-hybridized carbons (Fsp3) is 0.158. The summed E-state index contributed by atoms with van der Waals surface area (Å²) in [4.78, 5) is 12.1. The number of ether oxygens (including phenoxy) is 1. The zero-order valence-electron chi connectivity index (χ0n) is 15.2. The van der Waals surface area contributed by atoms with Crippen molar-refractivity contribution in [3.63, 3.8) is 0 Å². The van der Waals surface area contributed by atoms with E-state index in [1.807, 2.05) is 0 Å². The monoisotopic (exact) mass is 419 g/mol. The molecule has 1 amide bonds. The number of nitrogens with zero attached hydrogens (tertiary/aromatic N) is 4. The molecule has 0 aliphatic rings. The van der Waals surface area contributed by atoms with E-state index in [0.29, 0.717) is 17.5 Å². The minimum absolute atomic E-state index is 0.0256. The number of alkyl halides is 3. The quantitative estimate of drug-likeness (QED) is 0.617. The van der Waals surface area contributed by atoms with E-state index in [0.717, 1.165) is 6.07 Å². The molecular formula is C19H13F4N5O2. The van der Waals surface area contributed by atoms with Crippen molar-refractivity contribution in [1.29, 1.82) is 5.26 Å². The van der Waals surface area contributed by atoms with Crippen molar-refractivity contribution in [2.75, 3.05) is 5.32 Å². The topological polar surface area (TPSA) is 92.8 Å². The maximum Gasteiger partial charge on any atom is 0.417 e. The summed E-state index contributed by atoms with van der Waals surface area (Å²) in [6.07, 6.45) is -3.29. The molecule has 1 heterocycles. The van der Waals surface area contributed by atoms with Crippen LogP contribution in [-0.2, 0) is 24.1 Å². The molecule has 0 fully saturated rings. The van der Waals surface area contributed by atoms with Gasteiger partial charge in [0.2, 0.25) is 5.91 Å². The normalized spacial score (nSPS) is 11.0. The molecule has 0 unspecified atom stereocenters. The molecule has 0 radical (unpaired) electrons. The van der Waals surface area contributed by atoms with E-state index in [1.54, 1.807) is 0 Å². The van der Waals surface area contributed by atoms with E-state index in [9.17, 15) is 22.4 Å². The second-order valence-electron chi connectivity index (χ2n) is 6.07. The maximum atomic E-state index is 13.0. The van der Waals surface area contributed by atoms with Gasteiger partial charge in [0, 0.05) is 5.69 Å². The van der Waals surface area contributed by atoms with Gasteiger partial charge in [0.05, 0.1) is 23.4 Å². The van der Waals surface area contributed by atoms with E-state index in [-0.39, 0.29) is 18.8 Å². The number of nitrogens with one attached hydrogen (secondary N) is 1. The number of nitriles is 1. The van der Waals surface area contributed by atoms with E-state index in [4.69, 9.17) is 10.00 Å². The Labute approximate surface area is 167 Å². The van der Waals surface area contributed by atoms with Gasteiger partial charge < -0.3 is 10.1 Å². The average molecular weight is 419 g/mol. The Kier molecular flexibility index (Phi) is 5.96. The molecule has 3 aromatic rings. The number of aromatic nitrogens is 3. The van der Waals surface area contributed by atoms with Crippen molar-refractivity contribution in [3.8, 4) is 11.8 Å². The van der Waals surface area contributed by atoms with Crippen LogP contribution >= 0.6 is 0 Å². The van der Waals surface area contributed by atoms with Crippen molar-refractivity contribution < 1.29 is 27.1 Å². The summed E-state index contributed by atoms with van der Waals surface area (Å²) in [6, 6.07) is 9.72. The molecule has 1 N–H and O–H groups in total. The molecule has 3 rings (SSSR count). The van der Waals surface area contributed by atoms with Crippen molar-refractivity contribution in [2.45, 2.75) is 19.3 Å². The van der Waals surface area contributed by atoms with Crippen LogP contribution in [0.1, 0.15) is 16.8 Å². The van der Waals surface area contributed by atoms with Crippen LogP contribution in [0.15, 0.2) is 48.7 Å². The number of carbonyl (C=O) groups is 1. The standard InChI is InChI=1S/C19H13F4N5O2/c20-13-2-5-16(6-3-13)30-11-15-9-28(27-26-15)10-18(29)25-14-4-1-12(8-24)17(7-14)19(21,22)23/h1-7,9H,10-11H2,(H,25,29). The van der Waals surface area contributed by atoms with Gasteiger partial charge in [-0.3, -0.25) is 4.79 Å². The highest BCUT2D eigenvalue weighted by molar-refractivity contribution is 5.90. The van der Waals surface area contributed by atoms with Crippen molar-refractivity contribution in [1.82, 2.24) is 15.0 Å². The summed E-state index contributed by atoms with van der Waals surface area (Å²) < 4.78 is 58.5. The van der Waals surface area contributed by atoms with Crippen molar-refractivity contribution in [3.05, 3.63) is 71.3 Å². The summed E-state index contributed by atoms with van der Waals surface area (Å²) in [7, 11) is 0. The maximum absolute atomic E-state index is 13.0. The van der Waals surface area contributed by atoms with E-state index in [1.165, 1.54) is 47.3 Å². The SMILES string of the molecule is N#Cc1ccc(NC(=O)Cn2cc(COc3ccc(F)cc3)nn2)cc1C(F)(F)F. The van der Waals surface area contributed by atoms with Gasteiger partial charge in [-0.15, -0.1) is 5.10 Å². The molecule has 0 saturated heterocycles. The molecule has 0 bridgehead atoms. The minimum Gasteiger partial charge on any atom is -0.487 e. The summed E-state index contributed by atoms with van der Waals surface area (Å²) in [5.74, 6) is -0.613. The van der Waals surface area contributed by atoms with Crippen LogP contribution in [-0.4, -0.2) is 20.9 Å². The summed E-state index contributed by atoms with van der Waals surface area (Å²) in [5, 5.41) is 18.7. The van der Waals surface area contributed by atoms with E-state index < -0.39 is 29.0 Å². The Bertz CT molecular complexity index is 1090. The van der Waals surface area contributed by atoms with Gasteiger partial charge in [-0.1, -0.05) is 5.21 Å². The number of hydrogen-bond donors (Lipinski definition) is 1. The minimum atomic E-state index is -4.73. The van der Waals surface area contributed by atoms with Gasteiger partial charge in [0.15, 0.2) is 0 Å². The third-order valence-corrected chi connectivity index (χ3v) is 3.82. The number of benzene rings is 2. The van der Waals surface area contributed by atoms with Crippen LogP contribution in [0.3, 0.4) is 0 Å². The lowest BCUT2D eigenvalue weighted by molar-refractivity contribution is -0.137. The number of hydrogen-bond acceptors (Lipinski definition) is 5. The summed E-state index contributed by atoms with van der Waals surface area (Å²) >= 11 is 0.